The lowest BCUT2D eigenvalue weighted by atomic mass is 10.1. The Morgan fingerprint density at radius 1 is 1.16 bits per heavy atom. The number of hydrogen-bond acceptors (Lipinski definition) is 3. The Hall–Kier alpha value is -2.83. The maximum Gasteiger partial charge on any atom is 0.416 e. The van der Waals surface area contributed by atoms with Gasteiger partial charge >= 0.3 is 6.18 Å². The quantitative estimate of drug-likeness (QED) is 0.771. The van der Waals surface area contributed by atoms with Crippen molar-refractivity contribution in [3.63, 3.8) is 0 Å². The van der Waals surface area contributed by atoms with Gasteiger partial charge in [0.15, 0.2) is 11.5 Å². The average molecular weight is 348 g/mol. The minimum atomic E-state index is -4.41. The molecule has 4 nitrogen and oxygen atoms in total. The third-order valence-electron chi connectivity index (χ3n) is 3.73. The maximum atomic E-state index is 12.5. The second-order valence-electron chi connectivity index (χ2n) is 5.62. The van der Waals surface area contributed by atoms with E-state index in [1.165, 1.54) is 12.1 Å². The van der Waals surface area contributed by atoms with Gasteiger partial charge in [0.25, 0.3) is 5.91 Å². The Morgan fingerprint density at radius 2 is 1.88 bits per heavy atom. The van der Waals surface area contributed by atoms with E-state index in [1.54, 1.807) is 6.92 Å². The summed E-state index contributed by atoms with van der Waals surface area (Å²) >= 11 is 0. The van der Waals surface area contributed by atoms with Crippen molar-refractivity contribution in [1.82, 2.24) is 10.3 Å². The first-order valence-electron chi connectivity index (χ1n) is 7.64. The lowest BCUT2D eigenvalue weighted by Gasteiger charge is -2.08. The lowest BCUT2D eigenvalue weighted by molar-refractivity contribution is -0.137. The molecule has 0 aliphatic rings. The highest BCUT2D eigenvalue weighted by Gasteiger charge is 2.30. The largest absolute Gasteiger partial charge is 0.441 e. The van der Waals surface area contributed by atoms with E-state index < -0.39 is 17.6 Å². The molecule has 2 aromatic carbocycles. The number of benzene rings is 2. The molecule has 0 aliphatic heterocycles. The maximum absolute atomic E-state index is 12.5. The number of alkyl halides is 3. The molecule has 0 unspecified atom stereocenters. The van der Waals surface area contributed by atoms with Crippen LogP contribution in [-0.4, -0.2) is 17.4 Å². The number of nitrogens with one attached hydrogen (secondary N) is 1. The zero-order valence-electron chi connectivity index (χ0n) is 13.4. The Balaban J connectivity index is 1.58. The summed E-state index contributed by atoms with van der Waals surface area (Å²) in [5, 5.41) is 2.69. The van der Waals surface area contributed by atoms with Gasteiger partial charge in [-0.3, -0.25) is 4.79 Å². The van der Waals surface area contributed by atoms with Crippen LogP contribution >= 0.6 is 0 Å². The van der Waals surface area contributed by atoms with Crippen molar-refractivity contribution in [2.75, 3.05) is 6.54 Å². The topological polar surface area (TPSA) is 55.1 Å². The van der Waals surface area contributed by atoms with E-state index in [4.69, 9.17) is 4.42 Å². The number of amides is 1. The molecule has 0 bridgehead atoms. The van der Waals surface area contributed by atoms with Crippen LogP contribution in [0.5, 0.6) is 0 Å². The zero-order valence-corrected chi connectivity index (χ0v) is 13.4. The standard InChI is InChI=1S/C18H15F3N2O2/c1-11-23-15-7-2-12(10-16(15)25-11)8-9-22-17(24)13-3-5-14(6-4-13)18(19,20)21/h2-7,10H,8-9H2,1H3,(H,22,24). The Kier molecular flexibility index (Phi) is 4.48. The van der Waals surface area contributed by atoms with Crippen molar-refractivity contribution in [1.29, 1.82) is 0 Å². The molecule has 0 saturated heterocycles. The molecule has 0 spiro atoms. The lowest BCUT2D eigenvalue weighted by Crippen LogP contribution is -2.25. The van der Waals surface area contributed by atoms with Gasteiger partial charge in [0.2, 0.25) is 0 Å². The summed E-state index contributed by atoms with van der Waals surface area (Å²) < 4.78 is 43.0. The fourth-order valence-corrected chi connectivity index (χ4v) is 2.47. The van der Waals surface area contributed by atoms with E-state index in [9.17, 15) is 18.0 Å². The SMILES string of the molecule is Cc1nc2ccc(CCNC(=O)c3ccc(C(F)(F)F)cc3)cc2o1. The molecule has 3 rings (SSSR count). The monoisotopic (exact) mass is 348 g/mol. The van der Waals surface area contributed by atoms with Gasteiger partial charge in [0.05, 0.1) is 5.56 Å². The Morgan fingerprint density at radius 3 is 2.56 bits per heavy atom. The molecule has 0 saturated carbocycles. The van der Waals surface area contributed by atoms with Crippen LogP contribution in [-0.2, 0) is 12.6 Å². The summed E-state index contributed by atoms with van der Waals surface area (Å²) in [6, 6.07) is 9.74. The van der Waals surface area contributed by atoms with Gasteiger partial charge in [-0.25, -0.2) is 4.98 Å². The number of oxazole rings is 1. The number of aromatic nitrogens is 1. The first-order chi connectivity index (χ1) is 11.8. The molecule has 25 heavy (non-hydrogen) atoms. The molecule has 0 radical (unpaired) electrons. The van der Waals surface area contributed by atoms with Crippen LogP contribution in [0.1, 0.15) is 27.4 Å². The van der Waals surface area contributed by atoms with E-state index in [0.29, 0.717) is 24.4 Å². The summed E-state index contributed by atoms with van der Waals surface area (Å²) in [5.41, 5.74) is 1.84. The van der Waals surface area contributed by atoms with Crippen molar-refractivity contribution >= 4 is 17.0 Å². The minimum Gasteiger partial charge on any atom is -0.441 e. The number of rotatable bonds is 4. The van der Waals surface area contributed by atoms with Crippen LogP contribution in [0, 0.1) is 6.92 Å². The van der Waals surface area contributed by atoms with Crippen molar-refractivity contribution in [2.45, 2.75) is 19.5 Å². The number of nitrogens with zero attached hydrogens (tertiary/aromatic N) is 1. The predicted molar refractivity (Wildman–Crippen MR) is 86.2 cm³/mol. The third-order valence-corrected chi connectivity index (χ3v) is 3.73. The molecule has 0 atom stereocenters. The first kappa shape index (κ1) is 17.0. The van der Waals surface area contributed by atoms with Gasteiger partial charge in [-0.2, -0.15) is 13.2 Å². The molecular weight excluding hydrogens is 333 g/mol. The fraction of sp³-hybridized carbons (Fsp3) is 0.222. The third kappa shape index (κ3) is 3.99. The van der Waals surface area contributed by atoms with Gasteiger partial charge in [0.1, 0.15) is 5.52 Å². The number of carbonyl (C=O) groups excluding carboxylic acids is 1. The van der Waals surface area contributed by atoms with Crippen molar-refractivity contribution in [3.8, 4) is 0 Å². The van der Waals surface area contributed by atoms with E-state index in [0.717, 1.165) is 23.2 Å². The summed E-state index contributed by atoms with van der Waals surface area (Å²) in [6.45, 7) is 2.13. The summed E-state index contributed by atoms with van der Waals surface area (Å²) in [7, 11) is 0. The van der Waals surface area contributed by atoms with Crippen LogP contribution < -0.4 is 5.32 Å². The highest BCUT2D eigenvalue weighted by atomic mass is 19.4. The van der Waals surface area contributed by atoms with Crippen molar-refractivity contribution in [2.24, 2.45) is 0 Å². The van der Waals surface area contributed by atoms with Gasteiger partial charge in [-0.15, -0.1) is 0 Å². The molecule has 1 heterocycles. The van der Waals surface area contributed by atoms with Crippen molar-refractivity contribution < 1.29 is 22.4 Å². The molecule has 1 N–H and O–H groups in total. The number of aryl methyl sites for hydroxylation is 1. The fourth-order valence-electron chi connectivity index (χ4n) is 2.47. The normalized spacial score (nSPS) is 11.7. The molecule has 7 heteroatoms. The first-order valence-corrected chi connectivity index (χ1v) is 7.64. The molecule has 130 valence electrons. The van der Waals surface area contributed by atoms with Gasteiger partial charge in [-0.1, -0.05) is 6.07 Å². The van der Waals surface area contributed by atoms with Crippen LogP contribution in [0.15, 0.2) is 46.9 Å². The number of halogens is 3. The van der Waals surface area contributed by atoms with Crippen LogP contribution in [0.2, 0.25) is 0 Å². The van der Waals surface area contributed by atoms with Crippen molar-refractivity contribution in [3.05, 3.63) is 65.0 Å². The highest BCUT2D eigenvalue weighted by molar-refractivity contribution is 5.94. The molecule has 1 aromatic heterocycles. The number of carbonyl (C=O) groups is 1. The van der Waals surface area contributed by atoms with Gasteiger partial charge in [0, 0.05) is 19.0 Å². The number of hydrogen-bond donors (Lipinski definition) is 1. The van der Waals surface area contributed by atoms with Crippen LogP contribution in [0.3, 0.4) is 0 Å². The Labute approximate surface area is 141 Å². The second-order valence-corrected chi connectivity index (χ2v) is 5.62. The summed E-state index contributed by atoms with van der Waals surface area (Å²) in [4.78, 5) is 16.2. The second kappa shape index (κ2) is 6.58. The molecule has 0 fully saturated rings. The molecular formula is C18H15F3N2O2. The summed E-state index contributed by atoms with van der Waals surface area (Å²) in [5.74, 6) is 0.174. The number of fused-ring (bicyclic) bond motifs is 1. The van der Waals surface area contributed by atoms with E-state index in [1.807, 2.05) is 18.2 Å². The van der Waals surface area contributed by atoms with Gasteiger partial charge < -0.3 is 9.73 Å². The molecule has 1 amide bonds. The predicted octanol–water partition coefficient (Wildman–Crippen LogP) is 4.13. The van der Waals surface area contributed by atoms with Crippen LogP contribution in [0.4, 0.5) is 13.2 Å². The average Bonchev–Trinajstić information content (AvgIpc) is 2.93. The summed E-state index contributed by atoms with van der Waals surface area (Å²) in [6.07, 6.45) is -3.84. The van der Waals surface area contributed by atoms with E-state index in [2.05, 4.69) is 10.3 Å². The van der Waals surface area contributed by atoms with Crippen LogP contribution in [0.25, 0.3) is 11.1 Å². The minimum absolute atomic E-state index is 0.189. The Bertz CT molecular complexity index is 899. The van der Waals surface area contributed by atoms with E-state index in [-0.39, 0.29) is 5.56 Å². The van der Waals surface area contributed by atoms with Gasteiger partial charge in [-0.05, 0) is 48.4 Å². The molecule has 3 aromatic rings. The molecule has 0 aliphatic carbocycles. The smallest absolute Gasteiger partial charge is 0.416 e. The van der Waals surface area contributed by atoms with E-state index >= 15 is 0 Å². The highest BCUT2D eigenvalue weighted by Crippen LogP contribution is 2.29. The zero-order chi connectivity index (χ0) is 18.0.